The summed E-state index contributed by atoms with van der Waals surface area (Å²) in [4.78, 5) is 23.2. The number of aromatic amines is 1. The van der Waals surface area contributed by atoms with Gasteiger partial charge in [0.05, 0.1) is 0 Å². The largest absolute Gasteiger partial charge is 0.444 e. The number of aromatic nitrogens is 4. The zero-order valence-electron chi connectivity index (χ0n) is 18.6. The summed E-state index contributed by atoms with van der Waals surface area (Å²) in [5, 5.41) is 13.7. The summed E-state index contributed by atoms with van der Waals surface area (Å²) >= 11 is 0. The van der Waals surface area contributed by atoms with Crippen LogP contribution in [-0.4, -0.2) is 51.5 Å². The van der Waals surface area contributed by atoms with Gasteiger partial charge in [-0.2, -0.15) is 10.1 Å². The number of carbonyl (C=O) groups is 1. The average Bonchev–Trinajstić information content (AvgIpc) is 3.46. The zero-order chi connectivity index (χ0) is 21.8. The summed E-state index contributed by atoms with van der Waals surface area (Å²) in [6.45, 7) is 7.83. The summed E-state index contributed by atoms with van der Waals surface area (Å²) in [7, 11) is 0. The van der Waals surface area contributed by atoms with Crippen LogP contribution in [0.4, 0.5) is 22.4 Å². The number of hydrogen-bond acceptors (Lipinski definition) is 7. The Morgan fingerprint density at radius 1 is 1.26 bits per heavy atom. The highest BCUT2D eigenvalue weighted by atomic mass is 16.6. The fourth-order valence-electron chi connectivity index (χ4n) is 4.27. The molecule has 1 atom stereocenters. The van der Waals surface area contributed by atoms with Crippen molar-refractivity contribution in [3.8, 4) is 0 Å². The van der Waals surface area contributed by atoms with E-state index in [1.54, 1.807) is 6.20 Å². The molecule has 3 N–H and O–H groups in total. The number of carbonyl (C=O) groups excluding carboxylic acids is 1. The highest BCUT2D eigenvalue weighted by Crippen LogP contribution is 2.34. The first-order valence-electron chi connectivity index (χ1n) is 11.2. The summed E-state index contributed by atoms with van der Waals surface area (Å²) < 4.78 is 5.31. The normalized spacial score (nSPS) is 19.6. The van der Waals surface area contributed by atoms with Crippen LogP contribution in [0.25, 0.3) is 0 Å². The van der Waals surface area contributed by atoms with Crippen LogP contribution in [0, 0.1) is 5.92 Å². The van der Waals surface area contributed by atoms with Gasteiger partial charge in [-0.1, -0.05) is 12.8 Å². The minimum atomic E-state index is -0.487. The molecule has 1 aliphatic carbocycles. The quantitative estimate of drug-likeness (QED) is 0.640. The molecule has 1 saturated heterocycles. The highest BCUT2D eigenvalue weighted by molar-refractivity contribution is 5.67. The Balaban J connectivity index is 1.30. The van der Waals surface area contributed by atoms with E-state index in [9.17, 15) is 4.79 Å². The molecule has 0 unspecified atom stereocenters. The van der Waals surface area contributed by atoms with Gasteiger partial charge in [0, 0.05) is 43.5 Å². The van der Waals surface area contributed by atoms with Gasteiger partial charge in [0.2, 0.25) is 5.95 Å². The van der Waals surface area contributed by atoms with E-state index >= 15 is 0 Å². The molecule has 0 spiro atoms. The number of H-pyrrole nitrogens is 1. The van der Waals surface area contributed by atoms with E-state index in [0.29, 0.717) is 24.3 Å². The second-order valence-electron chi connectivity index (χ2n) is 9.54. The molecule has 0 aromatic carbocycles. The monoisotopic (exact) mass is 427 g/mol. The molecule has 31 heavy (non-hydrogen) atoms. The Kier molecular flexibility index (Phi) is 6.29. The van der Waals surface area contributed by atoms with E-state index in [0.717, 1.165) is 31.1 Å². The van der Waals surface area contributed by atoms with Gasteiger partial charge in [-0.15, -0.1) is 0 Å². The molecule has 2 aliphatic rings. The lowest BCUT2D eigenvalue weighted by atomic mass is 10.0. The Hall–Kier alpha value is -2.84. The van der Waals surface area contributed by atoms with Gasteiger partial charge in [-0.25, -0.2) is 9.78 Å². The van der Waals surface area contributed by atoms with Crippen LogP contribution in [0.15, 0.2) is 18.3 Å². The van der Waals surface area contributed by atoms with Gasteiger partial charge in [-0.05, 0) is 52.0 Å². The minimum absolute atomic E-state index is 0.341. The summed E-state index contributed by atoms with van der Waals surface area (Å²) in [6, 6.07) is 3.94. The van der Waals surface area contributed by atoms with Crippen molar-refractivity contribution < 1.29 is 9.53 Å². The van der Waals surface area contributed by atoms with Gasteiger partial charge >= 0.3 is 6.09 Å². The maximum atomic E-state index is 11.9. The molecule has 4 rings (SSSR count). The molecule has 2 aromatic heterocycles. The predicted molar refractivity (Wildman–Crippen MR) is 120 cm³/mol. The van der Waals surface area contributed by atoms with Crippen LogP contribution in [-0.2, 0) is 4.74 Å². The number of rotatable bonds is 6. The fraction of sp³-hybridized carbons (Fsp3) is 0.636. The van der Waals surface area contributed by atoms with Crippen molar-refractivity contribution in [3.05, 3.63) is 24.0 Å². The second-order valence-corrected chi connectivity index (χ2v) is 9.54. The van der Waals surface area contributed by atoms with Crippen molar-refractivity contribution in [3.63, 3.8) is 0 Å². The Morgan fingerprint density at radius 2 is 2.06 bits per heavy atom. The van der Waals surface area contributed by atoms with Crippen LogP contribution >= 0.6 is 0 Å². The molecule has 0 radical (unpaired) electrons. The molecule has 9 nitrogen and oxygen atoms in total. The summed E-state index contributed by atoms with van der Waals surface area (Å²) in [5.41, 5.74) is 0.716. The predicted octanol–water partition coefficient (Wildman–Crippen LogP) is 3.95. The lowest BCUT2D eigenvalue weighted by molar-refractivity contribution is 0.0520. The number of hydrogen-bond donors (Lipinski definition) is 3. The third-order valence-electron chi connectivity index (χ3n) is 5.79. The molecule has 2 aromatic rings. The Bertz CT molecular complexity index is 886. The van der Waals surface area contributed by atoms with Crippen molar-refractivity contribution in [1.29, 1.82) is 0 Å². The van der Waals surface area contributed by atoms with Crippen LogP contribution in [0.2, 0.25) is 0 Å². The van der Waals surface area contributed by atoms with E-state index in [1.165, 1.54) is 31.4 Å². The van der Waals surface area contributed by atoms with Crippen molar-refractivity contribution in [2.24, 2.45) is 5.92 Å². The molecular formula is C22H33N7O2. The first-order valence-corrected chi connectivity index (χ1v) is 11.2. The Morgan fingerprint density at radius 3 is 2.84 bits per heavy atom. The van der Waals surface area contributed by atoms with E-state index < -0.39 is 5.60 Å². The molecule has 9 heteroatoms. The first-order chi connectivity index (χ1) is 14.9. The minimum Gasteiger partial charge on any atom is -0.444 e. The van der Waals surface area contributed by atoms with Gasteiger partial charge in [0.1, 0.15) is 11.4 Å². The van der Waals surface area contributed by atoms with E-state index in [2.05, 4.69) is 41.8 Å². The molecule has 0 bridgehead atoms. The molecule has 1 amide bonds. The van der Waals surface area contributed by atoms with Crippen LogP contribution in [0.5, 0.6) is 0 Å². The average molecular weight is 428 g/mol. The third-order valence-corrected chi connectivity index (χ3v) is 5.79. The molecule has 3 heterocycles. The van der Waals surface area contributed by atoms with Gasteiger partial charge in [0.15, 0.2) is 5.82 Å². The number of anilines is 3. The number of nitrogens with zero attached hydrogens (tertiary/aromatic N) is 4. The highest BCUT2D eigenvalue weighted by Gasteiger charge is 2.26. The molecule has 168 valence electrons. The fourth-order valence-corrected chi connectivity index (χ4v) is 4.27. The number of alkyl carbamates (subject to hydrolysis) is 1. The summed E-state index contributed by atoms with van der Waals surface area (Å²) in [6.07, 6.45) is 7.43. The number of nitrogens with one attached hydrogen (secondary N) is 3. The standard InChI is InChI=1S/C22H33N7O2/c1-22(2,3)31-21(30)24-13-15-9-11-29(14-15)20-23-10-8-18(26-20)25-19-12-17(27-28-19)16-6-4-5-7-16/h8,10,12,15-16H,4-7,9,11,13-14H2,1-3H3,(H,24,30)(H2,23,25,26,27,28)/t15-/m1/s1. The zero-order valence-corrected chi connectivity index (χ0v) is 18.6. The molecule has 2 fully saturated rings. The van der Waals surface area contributed by atoms with Crippen molar-refractivity contribution in [2.75, 3.05) is 29.9 Å². The van der Waals surface area contributed by atoms with Crippen LogP contribution in [0.1, 0.15) is 64.5 Å². The Labute approximate surface area is 183 Å². The topological polar surface area (TPSA) is 108 Å². The van der Waals surface area contributed by atoms with E-state index in [1.807, 2.05) is 26.8 Å². The third kappa shape index (κ3) is 5.86. The maximum Gasteiger partial charge on any atom is 0.407 e. The van der Waals surface area contributed by atoms with Crippen molar-refractivity contribution >= 4 is 23.7 Å². The van der Waals surface area contributed by atoms with Crippen molar-refractivity contribution in [1.82, 2.24) is 25.5 Å². The maximum absolute atomic E-state index is 11.9. The summed E-state index contributed by atoms with van der Waals surface area (Å²) in [5.74, 6) is 3.14. The lowest BCUT2D eigenvalue weighted by Gasteiger charge is -2.21. The SMILES string of the molecule is CC(C)(C)OC(=O)NC[C@H]1CCN(c2nccc(Nc3cc(C4CCCC4)[nH]n3)n2)C1. The van der Waals surface area contributed by atoms with E-state index in [4.69, 9.17) is 4.74 Å². The molecule has 1 aliphatic heterocycles. The lowest BCUT2D eigenvalue weighted by Crippen LogP contribution is -2.36. The molecular weight excluding hydrogens is 394 g/mol. The number of ether oxygens (including phenoxy) is 1. The first kappa shape index (κ1) is 21.4. The van der Waals surface area contributed by atoms with Gasteiger partial charge < -0.3 is 20.3 Å². The van der Waals surface area contributed by atoms with E-state index in [-0.39, 0.29) is 6.09 Å². The van der Waals surface area contributed by atoms with Gasteiger partial charge in [-0.3, -0.25) is 5.10 Å². The second kappa shape index (κ2) is 9.11. The van der Waals surface area contributed by atoms with Crippen LogP contribution in [0.3, 0.4) is 0 Å². The molecule has 1 saturated carbocycles. The smallest absolute Gasteiger partial charge is 0.407 e. The van der Waals surface area contributed by atoms with Crippen molar-refractivity contribution in [2.45, 2.75) is 64.4 Å². The number of amides is 1. The van der Waals surface area contributed by atoms with Gasteiger partial charge in [0.25, 0.3) is 0 Å². The van der Waals surface area contributed by atoms with Crippen LogP contribution < -0.4 is 15.5 Å².